The highest BCUT2D eigenvalue weighted by Crippen LogP contribution is 2.37. The summed E-state index contributed by atoms with van der Waals surface area (Å²) >= 11 is 8.44. The number of pyridine rings is 2. The van der Waals surface area contributed by atoms with Crippen molar-refractivity contribution in [3.8, 4) is 5.75 Å². The van der Waals surface area contributed by atoms with Gasteiger partial charge in [0.1, 0.15) is 5.75 Å². The average Bonchev–Trinajstić information content (AvgIpc) is 2.89. The molecule has 3 heterocycles. The van der Waals surface area contributed by atoms with Crippen molar-refractivity contribution in [3.05, 3.63) is 59.5 Å². The van der Waals surface area contributed by atoms with E-state index in [1.54, 1.807) is 13.3 Å². The summed E-state index contributed by atoms with van der Waals surface area (Å²) in [4.78, 5) is 12.4. The number of piperidine rings is 1. The molecule has 3 aromatic rings. The average molecular weight is 500 g/mol. The van der Waals surface area contributed by atoms with Crippen LogP contribution in [-0.4, -0.2) is 59.1 Å². The number of aliphatic hydroxyl groups is 1. The first kappa shape index (κ1) is 25.2. The number of likely N-dealkylation sites (tertiary alicyclic amines) is 1. The highest BCUT2D eigenvalue weighted by Gasteiger charge is 2.33. The minimum absolute atomic E-state index is 0.0231. The number of hydrogen-bond donors (Lipinski definition) is 1. The predicted molar refractivity (Wildman–Crippen MR) is 141 cm³/mol. The van der Waals surface area contributed by atoms with Gasteiger partial charge in [0, 0.05) is 35.5 Å². The van der Waals surface area contributed by atoms with E-state index in [-0.39, 0.29) is 12.0 Å². The van der Waals surface area contributed by atoms with Crippen molar-refractivity contribution in [2.24, 2.45) is 5.41 Å². The fraction of sp³-hybridized carbons (Fsp3) is 0.481. The molecule has 1 aliphatic heterocycles. The van der Waals surface area contributed by atoms with E-state index in [2.05, 4.69) is 27.0 Å². The molecule has 182 valence electrons. The van der Waals surface area contributed by atoms with Crippen molar-refractivity contribution in [1.29, 1.82) is 0 Å². The minimum Gasteiger partial charge on any atom is -0.497 e. The van der Waals surface area contributed by atoms with Gasteiger partial charge in [0.05, 0.1) is 17.6 Å². The first-order chi connectivity index (χ1) is 16.6. The summed E-state index contributed by atoms with van der Waals surface area (Å²) in [5, 5.41) is 12.0. The van der Waals surface area contributed by atoms with Crippen LogP contribution >= 0.6 is 23.4 Å². The maximum atomic E-state index is 10.3. The molecule has 1 saturated heterocycles. The van der Waals surface area contributed by atoms with Gasteiger partial charge < -0.3 is 14.7 Å². The maximum Gasteiger partial charge on any atom is 0.119 e. The molecule has 1 aliphatic rings. The van der Waals surface area contributed by atoms with E-state index in [1.807, 2.05) is 42.4 Å². The van der Waals surface area contributed by atoms with Crippen LogP contribution in [0.15, 0.2) is 53.8 Å². The van der Waals surface area contributed by atoms with E-state index < -0.39 is 0 Å². The summed E-state index contributed by atoms with van der Waals surface area (Å²) in [7, 11) is 1.68. The van der Waals surface area contributed by atoms with Crippen molar-refractivity contribution in [2.45, 2.75) is 43.4 Å². The Morgan fingerprint density at radius 1 is 1.15 bits per heavy atom. The second kappa shape index (κ2) is 12.2. The van der Waals surface area contributed by atoms with Gasteiger partial charge in [-0.3, -0.25) is 9.97 Å². The van der Waals surface area contributed by atoms with Gasteiger partial charge in [-0.25, -0.2) is 0 Å². The van der Waals surface area contributed by atoms with Crippen LogP contribution in [0.2, 0.25) is 5.02 Å². The Bertz CT molecular complexity index is 1060. The van der Waals surface area contributed by atoms with E-state index >= 15 is 0 Å². The van der Waals surface area contributed by atoms with Crippen LogP contribution in [0.5, 0.6) is 5.75 Å². The maximum absolute atomic E-state index is 10.3. The fourth-order valence-corrected chi connectivity index (χ4v) is 5.94. The zero-order chi connectivity index (χ0) is 23.8. The van der Waals surface area contributed by atoms with Crippen LogP contribution in [0.25, 0.3) is 10.9 Å². The zero-order valence-electron chi connectivity index (χ0n) is 19.9. The lowest BCUT2D eigenvalue weighted by molar-refractivity contribution is 0.0358. The number of thioether (sulfide) groups is 1. The molecule has 0 saturated carbocycles. The number of benzene rings is 1. The normalized spacial score (nSPS) is 16.1. The number of aliphatic hydroxyl groups excluding tert-OH is 1. The number of methoxy groups -OCH3 is 1. The SMILES string of the molecule is COc1ccc2ncc(Cl)c(CCCC3(CO)CCN(CCCSc4ccncc4)CC3)c2c1. The van der Waals surface area contributed by atoms with Gasteiger partial charge in [0.15, 0.2) is 0 Å². The van der Waals surface area contributed by atoms with E-state index in [9.17, 15) is 5.11 Å². The molecule has 34 heavy (non-hydrogen) atoms. The highest BCUT2D eigenvalue weighted by atomic mass is 35.5. The van der Waals surface area contributed by atoms with Crippen LogP contribution in [0, 0.1) is 5.41 Å². The molecule has 0 spiro atoms. The van der Waals surface area contributed by atoms with Gasteiger partial charge in [0.2, 0.25) is 0 Å². The van der Waals surface area contributed by atoms with Crippen molar-refractivity contribution in [3.63, 3.8) is 0 Å². The van der Waals surface area contributed by atoms with Crippen molar-refractivity contribution >= 4 is 34.3 Å². The number of fused-ring (bicyclic) bond motifs is 1. The molecule has 1 fully saturated rings. The number of ether oxygens (including phenoxy) is 1. The fourth-order valence-electron chi connectivity index (χ4n) is 4.87. The largest absolute Gasteiger partial charge is 0.497 e. The highest BCUT2D eigenvalue weighted by molar-refractivity contribution is 7.99. The Kier molecular flexibility index (Phi) is 9.06. The number of halogens is 1. The van der Waals surface area contributed by atoms with E-state index in [0.29, 0.717) is 5.02 Å². The molecule has 0 atom stereocenters. The van der Waals surface area contributed by atoms with Crippen LogP contribution in [0.4, 0.5) is 0 Å². The Labute approximate surface area is 211 Å². The summed E-state index contributed by atoms with van der Waals surface area (Å²) in [5.74, 6) is 1.94. The van der Waals surface area contributed by atoms with E-state index in [1.165, 1.54) is 11.3 Å². The van der Waals surface area contributed by atoms with Crippen LogP contribution < -0.4 is 4.74 Å². The standard InChI is InChI=1S/C27H34ClN3O2S/c1-33-21-5-6-26-24(18-21)23(25(28)19-30-26)4-2-9-27(20-32)10-15-31(16-11-27)14-3-17-34-22-7-12-29-13-8-22/h5-8,12-13,18-19,32H,2-4,9-11,14-17,20H2,1H3. The summed E-state index contributed by atoms with van der Waals surface area (Å²) < 4.78 is 5.41. The molecule has 0 aliphatic carbocycles. The molecule has 0 unspecified atom stereocenters. The smallest absolute Gasteiger partial charge is 0.119 e. The zero-order valence-corrected chi connectivity index (χ0v) is 21.5. The third-order valence-electron chi connectivity index (χ3n) is 7.06. The first-order valence-electron chi connectivity index (χ1n) is 12.1. The molecule has 4 rings (SSSR count). The summed E-state index contributed by atoms with van der Waals surface area (Å²) in [6.45, 7) is 3.52. The lowest BCUT2D eigenvalue weighted by atomic mass is 9.75. The van der Waals surface area contributed by atoms with Gasteiger partial charge in [-0.05, 0) is 105 Å². The second-order valence-corrected chi connectivity index (χ2v) is 10.8. The second-order valence-electron chi connectivity index (χ2n) is 9.21. The molecule has 2 aromatic heterocycles. The molecule has 0 amide bonds. The van der Waals surface area contributed by atoms with Gasteiger partial charge >= 0.3 is 0 Å². The summed E-state index contributed by atoms with van der Waals surface area (Å²) in [6.07, 6.45) is 11.6. The van der Waals surface area contributed by atoms with Crippen LogP contribution in [0.1, 0.15) is 37.7 Å². The Morgan fingerprint density at radius 3 is 2.68 bits per heavy atom. The Hall–Kier alpha value is -1.86. The number of aryl methyl sites for hydroxylation is 1. The predicted octanol–water partition coefficient (Wildman–Crippen LogP) is 5.87. The van der Waals surface area contributed by atoms with Gasteiger partial charge in [-0.2, -0.15) is 0 Å². The molecule has 7 heteroatoms. The Balaban J connectivity index is 1.26. The van der Waals surface area contributed by atoms with Gasteiger partial charge in [0.25, 0.3) is 0 Å². The minimum atomic E-state index is 0.0231. The molecule has 5 nitrogen and oxygen atoms in total. The van der Waals surface area contributed by atoms with Gasteiger partial charge in [-0.1, -0.05) is 11.6 Å². The molecular formula is C27H34ClN3O2S. The van der Waals surface area contributed by atoms with Crippen molar-refractivity contribution < 1.29 is 9.84 Å². The molecular weight excluding hydrogens is 466 g/mol. The Morgan fingerprint density at radius 2 is 1.94 bits per heavy atom. The number of aromatic nitrogens is 2. The quantitative estimate of drug-likeness (QED) is 0.263. The topological polar surface area (TPSA) is 58.5 Å². The van der Waals surface area contributed by atoms with Crippen LogP contribution in [0.3, 0.4) is 0 Å². The lowest BCUT2D eigenvalue weighted by Gasteiger charge is -2.41. The molecule has 0 bridgehead atoms. The van der Waals surface area contributed by atoms with E-state index in [0.717, 1.165) is 79.7 Å². The van der Waals surface area contributed by atoms with Crippen molar-refractivity contribution in [1.82, 2.24) is 14.9 Å². The van der Waals surface area contributed by atoms with E-state index in [4.69, 9.17) is 16.3 Å². The summed E-state index contributed by atoms with van der Waals surface area (Å²) in [6, 6.07) is 10.1. The van der Waals surface area contributed by atoms with Crippen molar-refractivity contribution in [2.75, 3.05) is 39.1 Å². The lowest BCUT2D eigenvalue weighted by Crippen LogP contribution is -2.42. The first-order valence-corrected chi connectivity index (χ1v) is 13.5. The molecule has 1 N–H and O–H groups in total. The number of hydrogen-bond acceptors (Lipinski definition) is 6. The van der Waals surface area contributed by atoms with Gasteiger partial charge in [-0.15, -0.1) is 11.8 Å². The summed E-state index contributed by atoms with van der Waals surface area (Å²) in [5.41, 5.74) is 2.09. The molecule has 1 aromatic carbocycles. The van der Waals surface area contributed by atoms with Crippen LogP contribution in [-0.2, 0) is 6.42 Å². The number of nitrogens with zero attached hydrogens (tertiary/aromatic N) is 3. The third-order valence-corrected chi connectivity index (χ3v) is 8.48. The molecule has 0 radical (unpaired) electrons. The number of rotatable bonds is 11. The third kappa shape index (κ3) is 6.42. The monoisotopic (exact) mass is 499 g/mol.